The molecule has 30 heavy (non-hydrogen) atoms. The van der Waals surface area contributed by atoms with Crippen LogP contribution < -0.4 is 5.32 Å². The molecule has 1 aliphatic heterocycles. The van der Waals surface area contributed by atoms with Gasteiger partial charge in [-0.2, -0.15) is 5.21 Å². The number of rotatable bonds is 5. The number of aromatic amines is 1. The number of fused-ring (bicyclic) bond motifs is 1. The van der Waals surface area contributed by atoms with Gasteiger partial charge in [0.2, 0.25) is 11.6 Å². The lowest BCUT2D eigenvalue weighted by Gasteiger charge is -2.23. The first-order chi connectivity index (χ1) is 14.7. The summed E-state index contributed by atoms with van der Waals surface area (Å²) in [5, 5.41) is 47.3. The van der Waals surface area contributed by atoms with E-state index in [2.05, 4.69) is 40.9 Å². The van der Waals surface area contributed by atoms with Crippen molar-refractivity contribution in [2.75, 3.05) is 11.9 Å². The fourth-order valence-corrected chi connectivity index (χ4v) is 4.11. The molecular formula is C17H23N9O4. The number of tetrazole rings is 1. The largest absolute Gasteiger partial charge is 0.394 e. The van der Waals surface area contributed by atoms with Crippen molar-refractivity contribution >= 4 is 17.0 Å². The Morgan fingerprint density at radius 2 is 1.97 bits per heavy atom. The first kappa shape index (κ1) is 19.2. The second kappa shape index (κ2) is 7.83. The average Bonchev–Trinajstić information content (AvgIpc) is 3.50. The normalized spacial score (nSPS) is 27.7. The van der Waals surface area contributed by atoms with Crippen molar-refractivity contribution in [3.63, 3.8) is 0 Å². The van der Waals surface area contributed by atoms with Crippen LogP contribution in [-0.2, 0) is 4.74 Å². The fourth-order valence-electron chi connectivity index (χ4n) is 4.11. The molecule has 0 amide bonds. The van der Waals surface area contributed by atoms with Gasteiger partial charge in [-0.15, -0.1) is 10.2 Å². The SMILES string of the molecule is OC[C@H]1O[C@@H](n2cnc3c(NC4CCCCC4)nc(-c4nn[nH]n4)nc32)[C@@H](O)[C@H]1O. The maximum absolute atomic E-state index is 10.4. The van der Waals surface area contributed by atoms with E-state index in [4.69, 9.17) is 4.74 Å². The zero-order valence-corrected chi connectivity index (χ0v) is 16.1. The van der Waals surface area contributed by atoms with Gasteiger partial charge in [0.1, 0.15) is 18.3 Å². The Bertz CT molecular complexity index is 1000. The molecule has 4 heterocycles. The minimum atomic E-state index is -1.25. The van der Waals surface area contributed by atoms with Crippen molar-refractivity contribution in [2.45, 2.75) is 62.7 Å². The van der Waals surface area contributed by atoms with Crippen molar-refractivity contribution in [3.05, 3.63) is 6.33 Å². The van der Waals surface area contributed by atoms with Crippen LogP contribution in [0.15, 0.2) is 6.33 Å². The minimum Gasteiger partial charge on any atom is -0.394 e. The second-order valence-electron chi connectivity index (χ2n) is 7.66. The van der Waals surface area contributed by atoms with Gasteiger partial charge < -0.3 is 25.4 Å². The molecule has 0 radical (unpaired) electrons. The number of H-pyrrole nitrogens is 1. The number of imidazole rings is 1. The summed E-state index contributed by atoms with van der Waals surface area (Å²) in [6.45, 7) is -0.418. The first-order valence-electron chi connectivity index (χ1n) is 10.0. The van der Waals surface area contributed by atoms with E-state index in [1.54, 1.807) is 0 Å². The molecule has 4 atom stereocenters. The van der Waals surface area contributed by atoms with Gasteiger partial charge >= 0.3 is 0 Å². The van der Waals surface area contributed by atoms with Gasteiger partial charge in [0.25, 0.3) is 0 Å². The molecule has 2 fully saturated rings. The third-order valence-corrected chi connectivity index (χ3v) is 5.70. The fraction of sp³-hybridized carbons (Fsp3) is 0.647. The molecule has 13 heteroatoms. The third-order valence-electron chi connectivity index (χ3n) is 5.70. The third kappa shape index (κ3) is 3.29. The number of hydrogen-bond acceptors (Lipinski definition) is 11. The Labute approximate surface area is 170 Å². The molecule has 1 aliphatic carbocycles. The highest BCUT2D eigenvalue weighted by Crippen LogP contribution is 2.33. The molecule has 3 aromatic rings. The molecule has 5 rings (SSSR count). The topological polar surface area (TPSA) is 180 Å². The van der Waals surface area contributed by atoms with Crippen molar-refractivity contribution < 1.29 is 20.1 Å². The molecule has 3 aromatic heterocycles. The number of ether oxygens (including phenoxy) is 1. The van der Waals surface area contributed by atoms with Crippen LogP contribution >= 0.6 is 0 Å². The molecule has 0 unspecified atom stereocenters. The number of aliphatic hydroxyl groups is 3. The van der Waals surface area contributed by atoms with Crippen LogP contribution in [0.5, 0.6) is 0 Å². The van der Waals surface area contributed by atoms with Crippen LogP contribution in [0, 0.1) is 0 Å². The number of aliphatic hydroxyl groups excluding tert-OH is 3. The summed E-state index contributed by atoms with van der Waals surface area (Å²) in [5.41, 5.74) is 0.892. The van der Waals surface area contributed by atoms with E-state index in [1.165, 1.54) is 17.3 Å². The second-order valence-corrected chi connectivity index (χ2v) is 7.66. The molecule has 1 saturated heterocycles. The summed E-state index contributed by atoms with van der Waals surface area (Å²) in [7, 11) is 0. The lowest BCUT2D eigenvalue weighted by atomic mass is 9.95. The Kier molecular flexibility index (Phi) is 5.02. The Balaban J connectivity index is 1.58. The summed E-state index contributed by atoms with van der Waals surface area (Å²) < 4.78 is 7.17. The molecule has 2 aliphatic rings. The summed E-state index contributed by atoms with van der Waals surface area (Å²) in [6, 6.07) is 0.272. The molecule has 0 aromatic carbocycles. The van der Waals surface area contributed by atoms with Gasteiger partial charge in [0.15, 0.2) is 23.2 Å². The predicted molar refractivity (Wildman–Crippen MR) is 102 cm³/mol. The van der Waals surface area contributed by atoms with Gasteiger partial charge in [0.05, 0.1) is 12.9 Å². The van der Waals surface area contributed by atoms with Crippen LogP contribution in [0.2, 0.25) is 0 Å². The average molecular weight is 417 g/mol. The summed E-state index contributed by atoms with van der Waals surface area (Å²) in [6.07, 6.45) is 2.75. The van der Waals surface area contributed by atoms with E-state index in [9.17, 15) is 15.3 Å². The quantitative estimate of drug-likeness (QED) is 0.356. The van der Waals surface area contributed by atoms with E-state index in [-0.39, 0.29) is 17.7 Å². The lowest BCUT2D eigenvalue weighted by molar-refractivity contribution is -0.0511. The van der Waals surface area contributed by atoms with Crippen molar-refractivity contribution in [1.82, 2.24) is 40.1 Å². The summed E-state index contributed by atoms with van der Waals surface area (Å²) in [4.78, 5) is 13.5. The Hall–Kier alpha value is -2.74. The van der Waals surface area contributed by atoms with Crippen molar-refractivity contribution in [2.24, 2.45) is 0 Å². The van der Waals surface area contributed by atoms with Gasteiger partial charge in [-0.3, -0.25) is 4.57 Å². The zero-order valence-electron chi connectivity index (χ0n) is 16.1. The van der Waals surface area contributed by atoms with E-state index < -0.39 is 31.1 Å². The van der Waals surface area contributed by atoms with Crippen LogP contribution in [0.25, 0.3) is 22.8 Å². The Morgan fingerprint density at radius 3 is 2.67 bits per heavy atom. The number of nitrogens with one attached hydrogen (secondary N) is 2. The molecule has 0 spiro atoms. The number of nitrogens with zero attached hydrogens (tertiary/aromatic N) is 7. The summed E-state index contributed by atoms with van der Waals surface area (Å²) in [5.74, 6) is 0.998. The van der Waals surface area contributed by atoms with Gasteiger partial charge in [-0.05, 0) is 18.1 Å². The molecule has 1 saturated carbocycles. The van der Waals surface area contributed by atoms with Gasteiger partial charge in [-0.1, -0.05) is 19.3 Å². The number of aromatic nitrogens is 8. The van der Waals surface area contributed by atoms with E-state index in [0.717, 1.165) is 25.7 Å². The number of anilines is 1. The maximum Gasteiger partial charge on any atom is 0.241 e. The first-order valence-corrected chi connectivity index (χ1v) is 10.0. The highest BCUT2D eigenvalue weighted by Gasteiger charge is 2.44. The highest BCUT2D eigenvalue weighted by atomic mass is 16.6. The van der Waals surface area contributed by atoms with Crippen molar-refractivity contribution in [3.8, 4) is 11.6 Å². The Morgan fingerprint density at radius 1 is 1.13 bits per heavy atom. The summed E-state index contributed by atoms with van der Waals surface area (Å²) >= 11 is 0. The molecule has 0 bridgehead atoms. The van der Waals surface area contributed by atoms with Gasteiger partial charge in [-0.25, -0.2) is 15.0 Å². The van der Waals surface area contributed by atoms with Crippen LogP contribution in [-0.4, -0.2) is 86.4 Å². The molecular weight excluding hydrogens is 394 g/mol. The highest BCUT2D eigenvalue weighted by molar-refractivity contribution is 5.84. The predicted octanol–water partition coefficient (Wildman–Crippen LogP) is -0.637. The monoisotopic (exact) mass is 417 g/mol. The zero-order chi connectivity index (χ0) is 20.7. The van der Waals surface area contributed by atoms with Crippen LogP contribution in [0.4, 0.5) is 5.82 Å². The number of hydrogen-bond donors (Lipinski definition) is 5. The maximum atomic E-state index is 10.4. The van der Waals surface area contributed by atoms with E-state index in [1.807, 2.05) is 0 Å². The minimum absolute atomic E-state index is 0.220. The van der Waals surface area contributed by atoms with E-state index >= 15 is 0 Å². The smallest absolute Gasteiger partial charge is 0.241 e. The van der Waals surface area contributed by atoms with E-state index in [0.29, 0.717) is 17.0 Å². The molecule has 5 N–H and O–H groups in total. The standard InChI is InChI=1S/C17H23N9O4/c27-6-9-11(28)12(29)17(30-9)26-7-18-10-13(19-8-4-2-1-3-5-8)20-14(21-16(10)26)15-22-24-25-23-15/h7-9,11-12,17,27-29H,1-6H2,(H,19,20,21)(H,22,23,24,25)/t9-,11+,12+,17-/m1/s1. The van der Waals surface area contributed by atoms with Crippen LogP contribution in [0.1, 0.15) is 38.3 Å². The molecule has 13 nitrogen and oxygen atoms in total. The van der Waals surface area contributed by atoms with Crippen molar-refractivity contribution in [1.29, 1.82) is 0 Å². The van der Waals surface area contributed by atoms with Crippen LogP contribution in [0.3, 0.4) is 0 Å². The van der Waals surface area contributed by atoms with Gasteiger partial charge in [0, 0.05) is 6.04 Å². The lowest BCUT2D eigenvalue weighted by Crippen LogP contribution is -2.33. The molecule has 160 valence electrons.